The predicted octanol–water partition coefficient (Wildman–Crippen LogP) is 11.0. The van der Waals surface area contributed by atoms with Crippen LogP contribution in [0.25, 0.3) is 16.7 Å². The van der Waals surface area contributed by atoms with Crippen LogP contribution >= 0.6 is 34.8 Å². The van der Waals surface area contributed by atoms with Crippen LogP contribution in [0.2, 0.25) is 15.1 Å². The van der Waals surface area contributed by atoms with E-state index in [0.29, 0.717) is 18.7 Å². The first kappa shape index (κ1) is 27.1. The van der Waals surface area contributed by atoms with Crippen LogP contribution in [0.5, 0.6) is 0 Å². The SMILES string of the molecule is Clc1ccc(C2=[C]([Zr](=[C](c3ccccc3)c3ccccc3)[CH]3c4ccccc4-c4ccccc43)CC=C2)c(Cl)c1Cl. The van der Waals surface area contributed by atoms with Crippen molar-refractivity contribution in [3.63, 3.8) is 0 Å². The molecule has 5 aromatic carbocycles. The zero-order chi connectivity index (χ0) is 27.9. The number of rotatable bonds is 5. The van der Waals surface area contributed by atoms with Crippen molar-refractivity contribution in [2.75, 3.05) is 0 Å². The number of halogens is 3. The van der Waals surface area contributed by atoms with Crippen molar-refractivity contribution >= 4 is 43.6 Å². The maximum atomic E-state index is 6.91. The zero-order valence-corrected chi connectivity index (χ0v) is 26.8. The third-order valence-corrected chi connectivity index (χ3v) is 17.8. The minimum absolute atomic E-state index is 0.312. The van der Waals surface area contributed by atoms with Crippen LogP contribution in [-0.4, -0.2) is 3.21 Å². The first-order valence-corrected chi connectivity index (χ1v) is 18.7. The molecule has 0 nitrogen and oxygen atoms in total. The Hall–Kier alpha value is -2.80. The average molecular weight is 667 g/mol. The van der Waals surface area contributed by atoms with Gasteiger partial charge < -0.3 is 0 Å². The number of hydrogen-bond donors (Lipinski definition) is 0. The molecule has 0 saturated carbocycles. The van der Waals surface area contributed by atoms with Gasteiger partial charge in [-0.3, -0.25) is 0 Å². The van der Waals surface area contributed by atoms with Crippen LogP contribution in [0.4, 0.5) is 0 Å². The number of fused-ring (bicyclic) bond motifs is 3. The molecule has 5 aromatic rings. The molecular formula is C37H25Cl3Zr. The van der Waals surface area contributed by atoms with Crippen molar-refractivity contribution in [3.05, 3.63) is 180 Å². The Morgan fingerprint density at radius 1 is 0.561 bits per heavy atom. The summed E-state index contributed by atoms with van der Waals surface area (Å²) in [7, 11) is 0. The third-order valence-electron chi connectivity index (χ3n) is 8.10. The molecule has 0 radical (unpaired) electrons. The second kappa shape index (κ2) is 11.5. The number of benzene rings is 5. The van der Waals surface area contributed by atoms with E-state index in [1.165, 1.54) is 45.4 Å². The quantitative estimate of drug-likeness (QED) is 0.164. The summed E-state index contributed by atoms with van der Waals surface area (Å²) < 4.78 is 3.33. The molecule has 2 aliphatic carbocycles. The summed E-state index contributed by atoms with van der Waals surface area (Å²) in [5.74, 6) is 0. The first-order valence-electron chi connectivity index (χ1n) is 13.7. The van der Waals surface area contributed by atoms with E-state index in [0.717, 1.165) is 12.0 Å². The van der Waals surface area contributed by atoms with Crippen LogP contribution < -0.4 is 0 Å². The summed E-state index contributed by atoms with van der Waals surface area (Å²) in [6.07, 6.45) is 5.46. The molecule has 0 atom stereocenters. The van der Waals surface area contributed by atoms with Crippen molar-refractivity contribution in [3.8, 4) is 11.1 Å². The van der Waals surface area contributed by atoms with Crippen molar-refractivity contribution in [1.29, 1.82) is 0 Å². The van der Waals surface area contributed by atoms with E-state index in [9.17, 15) is 0 Å². The van der Waals surface area contributed by atoms with E-state index in [-0.39, 0.29) is 0 Å². The molecular weight excluding hydrogens is 642 g/mol. The van der Waals surface area contributed by atoms with Crippen LogP contribution in [0.3, 0.4) is 0 Å². The van der Waals surface area contributed by atoms with Crippen molar-refractivity contribution in [1.82, 2.24) is 0 Å². The fourth-order valence-electron chi connectivity index (χ4n) is 6.37. The molecule has 0 fully saturated rings. The van der Waals surface area contributed by atoms with Crippen LogP contribution in [0.15, 0.2) is 137 Å². The van der Waals surface area contributed by atoms with Gasteiger partial charge in [-0.05, 0) is 0 Å². The fraction of sp³-hybridized carbons (Fsp3) is 0.0541. The Bertz CT molecular complexity index is 1800. The Labute approximate surface area is 263 Å². The summed E-state index contributed by atoms with van der Waals surface area (Å²) in [6.45, 7) is 0. The molecule has 2 aliphatic rings. The molecule has 4 heteroatoms. The van der Waals surface area contributed by atoms with E-state index in [2.05, 4.69) is 121 Å². The van der Waals surface area contributed by atoms with Crippen LogP contribution in [0, 0.1) is 0 Å². The molecule has 0 heterocycles. The molecule has 0 bridgehead atoms. The summed E-state index contributed by atoms with van der Waals surface area (Å²) in [5, 5.41) is 1.41. The molecule has 0 unspecified atom stereocenters. The van der Waals surface area contributed by atoms with Gasteiger partial charge in [-0.25, -0.2) is 0 Å². The van der Waals surface area contributed by atoms with Crippen molar-refractivity contribution < 1.29 is 21.3 Å². The average Bonchev–Trinajstić information content (AvgIpc) is 3.63. The van der Waals surface area contributed by atoms with Crippen LogP contribution in [0.1, 0.15) is 37.9 Å². The molecule has 198 valence electrons. The van der Waals surface area contributed by atoms with Gasteiger partial charge >= 0.3 is 266 Å². The Morgan fingerprint density at radius 3 is 1.68 bits per heavy atom. The molecule has 0 saturated heterocycles. The van der Waals surface area contributed by atoms with Gasteiger partial charge in [-0.2, -0.15) is 0 Å². The van der Waals surface area contributed by atoms with E-state index in [1.807, 2.05) is 12.1 Å². The predicted molar refractivity (Wildman–Crippen MR) is 172 cm³/mol. The molecule has 0 N–H and O–H groups in total. The summed E-state index contributed by atoms with van der Waals surface area (Å²) >= 11 is 17.0. The number of hydrogen-bond acceptors (Lipinski definition) is 0. The molecule has 7 rings (SSSR count). The molecule has 0 spiro atoms. The first-order chi connectivity index (χ1) is 20.1. The van der Waals surface area contributed by atoms with Crippen molar-refractivity contribution in [2.45, 2.75) is 10.0 Å². The maximum absolute atomic E-state index is 6.91. The normalized spacial score (nSPS) is 13.8. The van der Waals surface area contributed by atoms with Gasteiger partial charge in [0, 0.05) is 0 Å². The van der Waals surface area contributed by atoms with E-state index in [1.54, 1.807) is 0 Å². The topological polar surface area (TPSA) is 0 Å². The molecule has 0 aromatic heterocycles. The van der Waals surface area contributed by atoms with Gasteiger partial charge in [0.25, 0.3) is 0 Å². The Balaban J connectivity index is 1.63. The van der Waals surface area contributed by atoms with E-state index in [4.69, 9.17) is 34.8 Å². The second-order valence-electron chi connectivity index (χ2n) is 10.3. The molecule has 0 aliphatic heterocycles. The zero-order valence-electron chi connectivity index (χ0n) is 22.1. The molecule has 41 heavy (non-hydrogen) atoms. The van der Waals surface area contributed by atoms with Gasteiger partial charge in [0.05, 0.1) is 0 Å². The third kappa shape index (κ3) is 4.78. The van der Waals surface area contributed by atoms with Crippen LogP contribution in [-0.2, 0) is 21.3 Å². The van der Waals surface area contributed by atoms with Gasteiger partial charge in [-0.1, -0.05) is 0 Å². The van der Waals surface area contributed by atoms with Gasteiger partial charge in [-0.15, -0.1) is 0 Å². The van der Waals surface area contributed by atoms with E-state index >= 15 is 0 Å². The van der Waals surface area contributed by atoms with Crippen molar-refractivity contribution in [2.24, 2.45) is 0 Å². The Kier molecular flexibility index (Phi) is 7.57. The summed E-state index contributed by atoms with van der Waals surface area (Å²) in [5.41, 5.74) is 10.3. The monoisotopic (exact) mass is 664 g/mol. The van der Waals surface area contributed by atoms with Gasteiger partial charge in [0.1, 0.15) is 0 Å². The van der Waals surface area contributed by atoms with Gasteiger partial charge in [0.15, 0.2) is 0 Å². The van der Waals surface area contributed by atoms with Gasteiger partial charge in [0.2, 0.25) is 0 Å². The van der Waals surface area contributed by atoms with E-state index < -0.39 is 21.3 Å². The Morgan fingerprint density at radius 2 is 1.10 bits per heavy atom. The molecule has 0 amide bonds. The fourth-order valence-corrected chi connectivity index (χ4v) is 16.5. The summed E-state index contributed by atoms with van der Waals surface area (Å²) in [6, 6.07) is 43.9. The standard InChI is InChI=1S/C13H9.C13H10.C11H6Cl3.Zr/c1-3-7-12-10(5-1)9-11-6-2-4-8-13(11)12;1-3-7-12(8-4-1)11-13-9-5-2-6-10-13;12-9-6-5-8(10(13)11(9)14)7-3-1-2-4-7;/h1-9H;1-10H;1,3,5-6H,2H2;. The number of allylic oxidation sites excluding steroid dienone is 4. The second-order valence-corrected chi connectivity index (χ2v) is 17.7. The minimum atomic E-state index is -2.93. The summed E-state index contributed by atoms with van der Waals surface area (Å²) in [4.78, 5) is 0.